The number of quaternary nitrogens is 1. The molecule has 3 nitrogen and oxygen atoms in total. The molecule has 0 atom stereocenters. The number of benzene rings is 1. The molecule has 1 aromatic rings. The topological polar surface area (TPSA) is 33.5 Å². The third kappa shape index (κ3) is 6.56. The van der Waals surface area contributed by atoms with Gasteiger partial charge in [0.1, 0.15) is 0 Å². The first-order valence-corrected chi connectivity index (χ1v) is 7.48. The van der Waals surface area contributed by atoms with E-state index in [1.54, 1.807) is 0 Å². The average Bonchev–Trinajstić information content (AvgIpc) is 2.41. The maximum atomic E-state index is 12.8. The van der Waals surface area contributed by atoms with Crippen LogP contribution in [-0.4, -0.2) is 33.1 Å². The molecule has 0 aromatic heterocycles. The Balaban J connectivity index is 3.09. The predicted molar refractivity (Wildman–Crippen MR) is 80.2 cm³/mol. The van der Waals surface area contributed by atoms with Crippen molar-refractivity contribution in [2.75, 3.05) is 27.2 Å². The standard InChI is InChI=1S/C16H20F6N2O/c1-14(2,9-24(3)4)8-23-13(25)10-5-11(15(17,18)19)7-12(6-10)16(20,21)22/h5-7H,8-9H2,1-4H3,(H,23,25)/p+1. The van der Waals surface area contributed by atoms with E-state index in [0.717, 1.165) is 4.90 Å². The fraction of sp³-hybridized carbons (Fsp3) is 0.562. The first-order valence-electron chi connectivity index (χ1n) is 7.48. The van der Waals surface area contributed by atoms with Crippen LogP contribution < -0.4 is 10.2 Å². The minimum atomic E-state index is -4.98. The SMILES string of the molecule is C[NH+](C)CC(C)(C)CNC(=O)c1cc(C(F)(F)F)cc(C(F)(F)F)c1. The molecule has 0 saturated carbocycles. The molecule has 1 rings (SSSR count). The highest BCUT2D eigenvalue weighted by Crippen LogP contribution is 2.36. The molecule has 0 bridgehead atoms. The summed E-state index contributed by atoms with van der Waals surface area (Å²) in [5.41, 5.74) is -4.06. The van der Waals surface area contributed by atoms with E-state index >= 15 is 0 Å². The molecule has 0 aliphatic rings. The van der Waals surface area contributed by atoms with E-state index in [2.05, 4.69) is 5.32 Å². The number of amides is 1. The van der Waals surface area contributed by atoms with E-state index < -0.39 is 35.0 Å². The van der Waals surface area contributed by atoms with Crippen molar-refractivity contribution >= 4 is 5.91 Å². The highest BCUT2D eigenvalue weighted by Gasteiger charge is 2.37. The molecule has 0 aliphatic heterocycles. The van der Waals surface area contributed by atoms with Crippen molar-refractivity contribution in [3.8, 4) is 0 Å². The van der Waals surface area contributed by atoms with E-state index in [9.17, 15) is 31.1 Å². The number of hydrogen-bond acceptors (Lipinski definition) is 1. The number of halogens is 6. The lowest BCUT2D eigenvalue weighted by Gasteiger charge is -2.26. The van der Waals surface area contributed by atoms with Gasteiger partial charge in [0.25, 0.3) is 5.91 Å². The summed E-state index contributed by atoms with van der Waals surface area (Å²) in [6.07, 6.45) is -9.96. The van der Waals surface area contributed by atoms with Gasteiger partial charge in [-0.15, -0.1) is 0 Å². The van der Waals surface area contributed by atoms with E-state index in [1.807, 2.05) is 27.9 Å². The zero-order valence-corrected chi connectivity index (χ0v) is 14.3. The van der Waals surface area contributed by atoms with Crippen LogP contribution in [-0.2, 0) is 12.4 Å². The summed E-state index contributed by atoms with van der Waals surface area (Å²) >= 11 is 0. The zero-order chi connectivity index (χ0) is 19.6. The van der Waals surface area contributed by atoms with Crippen molar-refractivity contribution in [2.45, 2.75) is 26.2 Å². The third-order valence-corrected chi connectivity index (χ3v) is 3.41. The molecule has 142 valence electrons. The second-order valence-electron chi connectivity index (χ2n) is 7.03. The van der Waals surface area contributed by atoms with E-state index in [-0.39, 0.29) is 18.0 Å². The number of rotatable bonds is 5. The largest absolute Gasteiger partial charge is 0.416 e. The highest BCUT2D eigenvalue weighted by atomic mass is 19.4. The van der Waals surface area contributed by atoms with Crippen molar-refractivity contribution in [1.82, 2.24) is 5.32 Å². The second kappa shape index (κ2) is 7.23. The van der Waals surface area contributed by atoms with Crippen LogP contribution in [0, 0.1) is 5.41 Å². The molecule has 0 aliphatic carbocycles. The quantitative estimate of drug-likeness (QED) is 0.767. The zero-order valence-electron chi connectivity index (χ0n) is 14.3. The van der Waals surface area contributed by atoms with E-state index in [0.29, 0.717) is 18.7 Å². The van der Waals surface area contributed by atoms with Crippen LogP contribution in [0.25, 0.3) is 0 Å². The van der Waals surface area contributed by atoms with Gasteiger partial charge in [-0.3, -0.25) is 4.79 Å². The molecule has 1 amide bonds. The third-order valence-electron chi connectivity index (χ3n) is 3.41. The lowest BCUT2D eigenvalue weighted by Crippen LogP contribution is -3.07. The Morgan fingerprint density at radius 3 is 1.76 bits per heavy atom. The van der Waals surface area contributed by atoms with Gasteiger partial charge in [0.15, 0.2) is 0 Å². The molecule has 0 unspecified atom stereocenters. The van der Waals surface area contributed by atoms with Gasteiger partial charge in [0.2, 0.25) is 0 Å². The van der Waals surface area contributed by atoms with Crippen LogP contribution in [0.1, 0.15) is 35.3 Å². The van der Waals surface area contributed by atoms with Gasteiger partial charge in [-0.25, -0.2) is 0 Å². The Labute approximate surface area is 142 Å². The smallest absolute Gasteiger partial charge is 0.351 e. The summed E-state index contributed by atoms with van der Waals surface area (Å²) in [4.78, 5) is 13.2. The maximum absolute atomic E-state index is 12.8. The summed E-state index contributed by atoms with van der Waals surface area (Å²) < 4.78 is 76.9. The molecular formula is C16H21F6N2O+. The van der Waals surface area contributed by atoms with Crippen molar-refractivity contribution in [3.05, 3.63) is 34.9 Å². The molecule has 0 spiro atoms. The van der Waals surface area contributed by atoms with Gasteiger partial charge in [-0.2, -0.15) is 26.3 Å². The van der Waals surface area contributed by atoms with Crippen LogP contribution in [0.15, 0.2) is 18.2 Å². The van der Waals surface area contributed by atoms with Crippen molar-refractivity contribution in [1.29, 1.82) is 0 Å². The first-order chi connectivity index (χ1) is 11.1. The highest BCUT2D eigenvalue weighted by molar-refractivity contribution is 5.94. The van der Waals surface area contributed by atoms with Gasteiger partial charge in [0.05, 0.1) is 31.8 Å². The molecule has 0 saturated heterocycles. The van der Waals surface area contributed by atoms with Crippen molar-refractivity contribution in [3.63, 3.8) is 0 Å². The fourth-order valence-corrected chi connectivity index (χ4v) is 2.53. The second-order valence-corrected chi connectivity index (χ2v) is 7.03. The van der Waals surface area contributed by atoms with Crippen LogP contribution in [0.5, 0.6) is 0 Å². The molecule has 9 heteroatoms. The molecule has 0 heterocycles. The summed E-state index contributed by atoms with van der Waals surface area (Å²) in [5.74, 6) is -0.974. The minimum Gasteiger partial charge on any atom is -0.351 e. The van der Waals surface area contributed by atoms with Crippen LogP contribution >= 0.6 is 0 Å². The van der Waals surface area contributed by atoms with Gasteiger partial charge in [-0.1, -0.05) is 13.8 Å². The van der Waals surface area contributed by atoms with E-state index in [1.165, 1.54) is 0 Å². The molecule has 0 fully saturated rings. The molecule has 2 N–H and O–H groups in total. The molecule has 0 radical (unpaired) electrons. The normalized spacial score (nSPS) is 13.2. The van der Waals surface area contributed by atoms with E-state index in [4.69, 9.17) is 0 Å². The first kappa shape index (κ1) is 21.3. The number of carbonyl (C=O) groups is 1. The Kier molecular flexibility index (Phi) is 6.15. The van der Waals surface area contributed by atoms with Crippen molar-refractivity contribution < 1.29 is 36.0 Å². The van der Waals surface area contributed by atoms with Gasteiger partial charge < -0.3 is 10.2 Å². The molecule has 25 heavy (non-hydrogen) atoms. The lowest BCUT2D eigenvalue weighted by molar-refractivity contribution is -0.865. The summed E-state index contributed by atoms with van der Waals surface area (Å²) in [5, 5.41) is 2.41. The number of hydrogen-bond donors (Lipinski definition) is 2. The summed E-state index contributed by atoms with van der Waals surface area (Å²) in [6.45, 7) is 4.46. The monoisotopic (exact) mass is 371 g/mol. The minimum absolute atomic E-state index is 0.00385. The van der Waals surface area contributed by atoms with Crippen LogP contribution in [0.4, 0.5) is 26.3 Å². The Morgan fingerprint density at radius 2 is 1.40 bits per heavy atom. The van der Waals surface area contributed by atoms with Crippen molar-refractivity contribution in [2.24, 2.45) is 5.41 Å². The van der Waals surface area contributed by atoms with Crippen LogP contribution in [0.3, 0.4) is 0 Å². The average molecular weight is 371 g/mol. The Hall–Kier alpha value is -1.77. The van der Waals surface area contributed by atoms with Crippen LogP contribution in [0.2, 0.25) is 0 Å². The summed E-state index contributed by atoms with van der Waals surface area (Å²) in [6, 6.07) is 0.847. The predicted octanol–water partition coefficient (Wildman–Crippen LogP) is 2.62. The maximum Gasteiger partial charge on any atom is 0.416 e. The van der Waals surface area contributed by atoms with Gasteiger partial charge in [0, 0.05) is 17.5 Å². The molecule has 1 aromatic carbocycles. The lowest BCUT2D eigenvalue weighted by atomic mass is 9.92. The van der Waals surface area contributed by atoms with Gasteiger partial charge in [-0.05, 0) is 18.2 Å². The Bertz CT molecular complexity index is 588. The van der Waals surface area contributed by atoms with Gasteiger partial charge >= 0.3 is 12.4 Å². The number of nitrogens with one attached hydrogen (secondary N) is 2. The summed E-state index contributed by atoms with van der Waals surface area (Å²) in [7, 11) is 3.79. The number of alkyl halides is 6. The molecular weight excluding hydrogens is 350 g/mol. The fourth-order valence-electron chi connectivity index (χ4n) is 2.53. The Morgan fingerprint density at radius 1 is 0.960 bits per heavy atom. The number of carbonyl (C=O) groups excluding carboxylic acids is 1.